The van der Waals surface area contributed by atoms with E-state index < -0.39 is 27.9 Å². The third-order valence-corrected chi connectivity index (χ3v) is 4.51. The lowest BCUT2D eigenvalue weighted by atomic mass is 9.82. The minimum atomic E-state index is -1.07. The summed E-state index contributed by atoms with van der Waals surface area (Å²) < 4.78 is 10.5. The maximum absolute atomic E-state index is 12.9. The van der Waals surface area contributed by atoms with E-state index in [1.54, 1.807) is 13.8 Å². The van der Waals surface area contributed by atoms with Crippen LogP contribution in [0.4, 0.5) is 5.69 Å². The molecule has 1 N–H and O–H groups in total. The van der Waals surface area contributed by atoms with Gasteiger partial charge in [0.15, 0.2) is 11.5 Å². The lowest BCUT2D eigenvalue weighted by molar-refractivity contribution is -0.385. The average Bonchev–Trinajstić information content (AvgIpc) is 2.60. The maximum Gasteiger partial charge on any atom is 0.311 e. The summed E-state index contributed by atoms with van der Waals surface area (Å²) in [6, 6.07) is 2.44. The fourth-order valence-electron chi connectivity index (χ4n) is 3.06. The van der Waals surface area contributed by atoms with Crippen LogP contribution in [0.25, 0.3) is 0 Å². The highest BCUT2D eigenvalue weighted by atomic mass is 16.6. The second kappa shape index (κ2) is 7.59. The van der Waals surface area contributed by atoms with E-state index in [-0.39, 0.29) is 23.6 Å². The van der Waals surface area contributed by atoms with E-state index in [2.05, 4.69) is 0 Å². The van der Waals surface area contributed by atoms with Gasteiger partial charge in [0.25, 0.3) is 11.6 Å². The van der Waals surface area contributed by atoms with Gasteiger partial charge in [0.2, 0.25) is 0 Å². The predicted octanol–water partition coefficient (Wildman–Crippen LogP) is 2.33. The molecule has 0 saturated carbocycles. The van der Waals surface area contributed by atoms with Crippen molar-refractivity contribution in [1.29, 1.82) is 0 Å². The highest BCUT2D eigenvalue weighted by Crippen LogP contribution is 2.37. The Morgan fingerprint density at radius 1 is 1.38 bits per heavy atom. The van der Waals surface area contributed by atoms with E-state index in [0.29, 0.717) is 26.0 Å². The van der Waals surface area contributed by atoms with Crippen molar-refractivity contribution in [2.75, 3.05) is 26.8 Å². The lowest BCUT2D eigenvalue weighted by Gasteiger charge is -2.37. The Balaban J connectivity index is 2.45. The Labute approximate surface area is 150 Å². The van der Waals surface area contributed by atoms with Crippen LogP contribution in [0, 0.1) is 15.5 Å². The Bertz CT molecular complexity index is 734. The van der Waals surface area contributed by atoms with Gasteiger partial charge in [-0.3, -0.25) is 19.7 Å². The smallest absolute Gasteiger partial charge is 0.311 e. The summed E-state index contributed by atoms with van der Waals surface area (Å²) >= 11 is 0. The van der Waals surface area contributed by atoms with Crippen molar-refractivity contribution < 1.29 is 29.1 Å². The van der Waals surface area contributed by atoms with Gasteiger partial charge < -0.3 is 19.5 Å². The largest absolute Gasteiger partial charge is 0.493 e. The first-order chi connectivity index (χ1) is 12.2. The van der Waals surface area contributed by atoms with Crippen LogP contribution in [-0.2, 0) is 4.79 Å². The minimum Gasteiger partial charge on any atom is -0.493 e. The quantitative estimate of drug-likeness (QED) is 0.606. The van der Waals surface area contributed by atoms with E-state index in [1.165, 1.54) is 18.1 Å². The van der Waals surface area contributed by atoms with Crippen molar-refractivity contribution in [3.8, 4) is 11.5 Å². The number of amides is 1. The number of hydrogen-bond donors (Lipinski definition) is 1. The van der Waals surface area contributed by atoms with Crippen molar-refractivity contribution >= 4 is 17.6 Å². The van der Waals surface area contributed by atoms with Crippen LogP contribution in [0.5, 0.6) is 11.5 Å². The van der Waals surface area contributed by atoms with Gasteiger partial charge in [-0.2, -0.15) is 0 Å². The van der Waals surface area contributed by atoms with Crippen LogP contribution in [-0.4, -0.2) is 53.6 Å². The van der Waals surface area contributed by atoms with E-state index in [9.17, 15) is 24.8 Å². The number of carboxylic acid groups (broad SMARTS) is 1. The number of nitro benzene ring substituents is 1. The van der Waals surface area contributed by atoms with Crippen molar-refractivity contribution in [2.24, 2.45) is 5.41 Å². The van der Waals surface area contributed by atoms with E-state index in [4.69, 9.17) is 9.47 Å². The Kier molecular flexibility index (Phi) is 5.69. The maximum atomic E-state index is 12.9. The van der Waals surface area contributed by atoms with Crippen molar-refractivity contribution in [2.45, 2.75) is 26.7 Å². The molecule has 1 unspecified atom stereocenters. The SMILES string of the molecule is CCOc1cc(C(=O)N2CCCC(C)(C(=O)O)C2)c([N+](=O)[O-])cc1OC. The first-order valence-corrected chi connectivity index (χ1v) is 8.25. The summed E-state index contributed by atoms with van der Waals surface area (Å²) in [4.78, 5) is 36.5. The molecule has 9 nitrogen and oxygen atoms in total. The monoisotopic (exact) mass is 366 g/mol. The summed E-state index contributed by atoms with van der Waals surface area (Å²) in [5.41, 5.74) is -1.62. The number of hydrogen-bond acceptors (Lipinski definition) is 6. The summed E-state index contributed by atoms with van der Waals surface area (Å²) in [6.45, 7) is 3.94. The lowest BCUT2D eigenvalue weighted by Crippen LogP contribution is -2.48. The predicted molar refractivity (Wildman–Crippen MR) is 91.7 cm³/mol. The molecule has 1 fully saturated rings. The third-order valence-electron chi connectivity index (χ3n) is 4.51. The zero-order valence-corrected chi connectivity index (χ0v) is 15.0. The number of carboxylic acids is 1. The Hall–Kier alpha value is -2.84. The standard InChI is InChI=1S/C17H22N2O7/c1-4-26-14-8-11(12(19(23)24)9-13(14)25-3)15(20)18-7-5-6-17(2,10-18)16(21)22/h8-9H,4-7,10H2,1-3H3,(H,21,22). The van der Waals surface area contributed by atoms with Crippen molar-refractivity contribution in [1.82, 2.24) is 4.90 Å². The number of piperidine rings is 1. The normalized spacial score (nSPS) is 19.7. The number of methoxy groups -OCH3 is 1. The zero-order chi connectivity index (χ0) is 19.5. The molecule has 1 aliphatic rings. The number of carbonyl (C=O) groups excluding carboxylic acids is 1. The molecule has 0 aromatic heterocycles. The second-order valence-corrected chi connectivity index (χ2v) is 6.41. The molecule has 0 spiro atoms. The van der Waals surface area contributed by atoms with Gasteiger partial charge in [-0.1, -0.05) is 0 Å². The number of nitrogens with zero attached hydrogens (tertiary/aromatic N) is 2. The number of nitro groups is 1. The highest BCUT2D eigenvalue weighted by Gasteiger charge is 2.40. The Morgan fingerprint density at radius 3 is 2.62 bits per heavy atom. The fraction of sp³-hybridized carbons (Fsp3) is 0.529. The number of benzene rings is 1. The van der Waals surface area contributed by atoms with Gasteiger partial charge >= 0.3 is 5.97 Å². The number of ether oxygens (including phenoxy) is 2. The molecule has 9 heteroatoms. The van der Waals surface area contributed by atoms with Gasteiger partial charge in [-0.25, -0.2) is 0 Å². The summed E-state index contributed by atoms with van der Waals surface area (Å²) in [6.07, 6.45) is 0.956. The molecular weight excluding hydrogens is 344 g/mol. The molecule has 1 saturated heterocycles. The van der Waals surface area contributed by atoms with Crippen molar-refractivity contribution in [3.63, 3.8) is 0 Å². The molecule has 1 aromatic carbocycles. The number of carbonyl (C=O) groups is 2. The molecule has 1 atom stereocenters. The minimum absolute atomic E-state index is 0.00564. The molecule has 0 radical (unpaired) electrons. The van der Waals surface area contributed by atoms with E-state index >= 15 is 0 Å². The molecule has 0 bridgehead atoms. The zero-order valence-electron chi connectivity index (χ0n) is 15.0. The van der Waals surface area contributed by atoms with Crippen molar-refractivity contribution in [3.05, 3.63) is 27.8 Å². The van der Waals surface area contributed by atoms with Crippen LogP contribution in [0.15, 0.2) is 12.1 Å². The highest BCUT2D eigenvalue weighted by molar-refractivity contribution is 5.99. The molecule has 26 heavy (non-hydrogen) atoms. The third kappa shape index (κ3) is 3.71. The number of likely N-dealkylation sites (tertiary alicyclic amines) is 1. The first kappa shape index (κ1) is 19.5. The summed E-state index contributed by atoms with van der Waals surface area (Å²) in [7, 11) is 1.35. The molecular formula is C17H22N2O7. The Morgan fingerprint density at radius 2 is 2.08 bits per heavy atom. The van der Waals surface area contributed by atoms with Crippen LogP contribution in [0.2, 0.25) is 0 Å². The molecule has 2 rings (SSSR count). The average molecular weight is 366 g/mol. The van der Waals surface area contributed by atoms with Gasteiger partial charge in [0, 0.05) is 19.2 Å². The molecule has 1 amide bonds. The molecule has 1 aromatic rings. The molecule has 1 heterocycles. The first-order valence-electron chi connectivity index (χ1n) is 8.25. The van der Waals surface area contributed by atoms with Crippen LogP contribution in [0.3, 0.4) is 0 Å². The summed E-state index contributed by atoms with van der Waals surface area (Å²) in [5.74, 6) is -1.20. The number of aliphatic carboxylic acids is 1. The van der Waals surface area contributed by atoms with Crippen LogP contribution in [0.1, 0.15) is 37.0 Å². The molecule has 1 aliphatic heterocycles. The summed E-state index contributed by atoms with van der Waals surface area (Å²) in [5, 5.41) is 20.8. The second-order valence-electron chi connectivity index (χ2n) is 6.41. The molecule has 0 aliphatic carbocycles. The fourth-order valence-corrected chi connectivity index (χ4v) is 3.06. The van der Waals surface area contributed by atoms with Gasteiger partial charge in [-0.15, -0.1) is 0 Å². The van der Waals surface area contributed by atoms with Crippen LogP contribution >= 0.6 is 0 Å². The van der Waals surface area contributed by atoms with E-state index in [0.717, 1.165) is 6.07 Å². The number of rotatable bonds is 6. The van der Waals surface area contributed by atoms with Gasteiger partial charge in [0.1, 0.15) is 5.56 Å². The van der Waals surface area contributed by atoms with Gasteiger partial charge in [0.05, 0.1) is 30.1 Å². The van der Waals surface area contributed by atoms with Crippen LogP contribution < -0.4 is 9.47 Å². The topological polar surface area (TPSA) is 119 Å². The molecule has 142 valence electrons. The van der Waals surface area contributed by atoms with Gasteiger partial charge in [-0.05, 0) is 26.7 Å². The van der Waals surface area contributed by atoms with E-state index in [1.807, 2.05) is 0 Å².